The standard InChI is InChI=1S/C31H22ClN3O5S/c1-39-23-16-12-19(13-17-23)29(36)34-22-14-10-20(11-15-22)30(37)35-33-18-21-6-2-4-8-25(21)40-31(38)28-27(32)24-7-3-5-9-26(24)41-28/h2-18H,1H3,(H,34,36)(H,35,37)/b33-18-. The van der Waals surface area contributed by atoms with Gasteiger partial charge in [-0.3, -0.25) is 9.59 Å². The van der Waals surface area contributed by atoms with Crippen LogP contribution in [0, 0.1) is 0 Å². The van der Waals surface area contributed by atoms with Gasteiger partial charge in [0.2, 0.25) is 0 Å². The topological polar surface area (TPSA) is 106 Å². The van der Waals surface area contributed by atoms with Crippen LogP contribution in [0.15, 0.2) is 102 Å². The summed E-state index contributed by atoms with van der Waals surface area (Å²) in [5.74, 6) is -0.411. The Balaban J connectivity index is 1.20. The number of hydrogen-bond acceptors (Lipinski definition) is 7. The van der Waals surface area contributed by atoms with E-state index in [4.69, 9.17) is 21.1 Å². The normalized spacial score (nSPS) is 10.9. The first kappa shape index (κ1) is 27.6. The van der Waals surface area contributed by atoms with Gasteiger partial charge in [0.05, 0.1) is 18.3 Å². The van der Waals surface area contributed by atoms with E-state index in [1.807, 2.05) is 24.3 Å². The summed E-state index contributed by atoms with van der Waals surface area (Å²) >= 11 is 7.67. The maximum atomic E-state index is 12.9. The van der Waals surface area contributed by atoms with E-state index in [1.54, 1.807) is 79.9 Å². The lowest BCUT2D eigenvalue weighted by Crippen LogP contribution is -2.18. The number of halogens is 1. The molecule has 0 saturated carbocycles. The number of thiophene rings is 1. The maximum absolute atomic E-state index is 12.9. The fourth-order valence-corrected chi connectivity index (χ4v) is 5.23. The van der Waals surface area contributed by atoms with Crippen LogP contribution in [0.1, 0.15) is 36.0 Å². The lowest BCUT2D eigenvalue weighted by molar-refractivity contribution is 0.0739. The fraction of sp³-hybridized carbons (Fsp3) is 0.0323. The molecule has 0 aliphatic heterocycles. The van der Waals surface area contributed by atoms with E-state index < -0.39 is 11.9 Å². The highest BCUT2D eigenvalue weighted by molar-refractivity contribution is 7.21. The molecule has 0 unspecified atom stereocenters. The molecule has 0 atom stereocenters. The number of nitrogens with zero attached hydrogens (tertiary/aromatic N) is 1. The minimum Gasteiger partial charge on any atom is -0.497 e. The molecule has 0 bridgehead atoms. The van der Waals surface area contributed by atoms with Crippen molar-refractivity contribution in [1.82, 2.24) is 5.43 Å². The van der Waals surface area contributed by atoms with E-state index in [1.165, 1.54) is 17.6 Å². The summed E-state index contributed by atoms with van der Waals surface area (Å²) in [6.45, 7) is 0. The van der Waals surface area contributed by atoms with E-state index in [0.29, 0.717) is 38.0 Å². The van der Waals surface area contributed by atoms with Gasteiger partial charge in [-0.05, 0) is 66.7 Å². The Kier molecular flexibility index (Phi) is 8.38. The number of methoxy groups -OCH3 is 1. The number of hydrazone groups is 1. The summed E-state index contributed by atoms with van der Waals surface area (Å²) in [5, 5.41) is 7.93. The number of carbonyl (C=O) groups is 3. The second-order valence-electron chi connectivity index (χ2n) is 8.63. The van der Waals surface area contributed by atoms with Crippen molar-refractivity contribution >= 4 is 62.7 Å². The molecule has 0 spiro atoms. The van der Waals surface area contributed by atoms with Gasteiger partial charge in [0.25, 0.3) is 11.8 Å². The monoisotopic (exact) mass is 583 g/mol. The largest absolute Gasteiger partial charge is 0.497 e. The molecule has 204 valence electrons. The van der Waals surface area contributed by atoms with Crippen molar-refractivity contribution in [3.8, 4) is 11.5 Å². The van der Waals surface area contributed by atoms with Crippen LogP contribution in [0.25, 0.3) is 10.1 Å². The number of carbonyl (C=O) groups excluding carboxylic acids is 3. The van der Waals surface area contributed by atoms with E-state index in [0.717, 1.165) is 10.1 Å². The summed E-state index contributed by atoms with van der Waals surface area (Å²) in [4.78, 5) is 38.2. The predicted octanol–water partition coefficient (Wildman–Crippen LogP) is 6.80. The average molecular weight is 584 g/mol. The summed E-state index contributed by atoms with van der Waals surface area (Å²) in [7, 11) is 1.55. The molecule has 10 heteroatoms. The molecule has 5 rings (SSSR count). The lowest BCUT2D eigenvalue weighted by Gasteiger charge is -2.07. The van der Waals surface area contributed by atoms with Crippen LogP contribution in [0.4, 0.5) is 5.69 Å². The van der Waals surface area contributed by atoms with Crippen molar-refractivity contribution in [3.05, 3.63) is 124 Å². The molecule has 4 aromatic carbocycles. The molecule has 0 radical (unpaired) electrons. The molecule has 0 saturated heterocycles. The Hall–Kier alpha value is -4.99. The molecule has 1 heterocycles. The maximum Gasteiger partial charge on any atom is 0.355 e. The first-order valence-corrected chi connectivity index (χ1v) is 13.5. The molecule has 1 aromatic heterocycles. The van der Waals surface area contributed by atoms with E-state index in [2.05, 4.69) is 15.8 Å². The van der Waals surface area contributed by atoms with Gasteiger partial charge in [0, 0.05) is 32.5 Å². The molecule has 41 heavy (non-hydrogen) atoms. The number of rotatable bonds is 8. The van der Waals surface area contributed by atoms with Crippen LogP contribution >= 0.6 is 22.9 Å². The first-order chi connectivity index (χ1) is 19.9. The Labute approximate surface area is 244 Å². The number of para-hydroxylation sites is 1. The molecule has 5 aromatic rings. The minimum atomic E-state index is -0.583. The van der Waals surface area contributed by atoms with Gasteiger partial charge in [0.1, 0.15) is 16.4 Å². The number of benzene rings is 4. The van der Waals surface area contributed by atoms with Gasteiger partial charge in [-0.2, -0.15) is 5.10 Å². The number of anilines is 1. The Bertz CT molecular complexity index is 1770. The molecule has 8 nitrogen and oxygen atoms in total. The number of ether oxygens (including phenoxy) is 2. The van der Waals surface area contributed by atoms with Crippen molar-refractivity contribution in [2.75, 3.05) is 12.4 Å². The molecule has 2 amide bonds. The van der Waals surface area contributed by atoms with E-state index in [9.17, 15) is 14.4 Å². The third kappa shape index (κ3) is 6.43. The number of esters is 1. The molecule has 2 N–H and O–H groups in total. The van der Waals surface area contributed by atoms with Crippen LogP contribution in [0.5, 0.6) is 11.5 Å². The molecule has 0 aliphatic rings. The van der Waals surface area contributed by atoms with E-state index in [-0.39, 0.29) is 11.7 Å². The van der Waals surface area contributed by atoms with Crippen LogP contribution in [-0.4, -0.2) is 31.1 Å². The summed E-state index contributed by atoms with van der Waals surface area (Å²) in [5.41, 5.74) is 4.27. The van der Waals surface area contributed by atoms with E-state index >= 15 is 0 Å². The SMILES string of the molecule is COc1ccc(C(=O)Nc2ccc(C(=O)N/N=C\c3ccccc3OC(=O)c3sc4ccccc4c3Cl)cc2)cc1. The zero-order valence-electron chi connectivity index (χ0n) is 21.6. The van der Waals surface area contributed by atoms with Gasteiger partial charge in [-0.25, -0.2) is 10.2 Å². The van der Waals surface area contributed by atoms with Crippen molar-refractivity contribution in [2.24, 2.45) is 5.10 Å². The predicted molar refractivity (Wildman–Crippen MR) is 161 cm³/mol. The van der Waals surface area contributed by atoms with Gasteiger partial charge < -0.3 is 14.8 Å². The first-order valence-electron chi connectivity index (χ1n) is 12.3. The third-order valence-electron chi connectivity index (χ3n) is 5.97. The molecular formula is C31H22ClN3O5S. The van der Waals surface area contributed by atoms with Gasteiger partial charge in [0.15, 0.2) is 0 Å². The second-order valence-corrected chi connectivity index (χ2v) is 10.1. The van der Waals surface area contributed by atoms with Crippen LogP contribution in [0.3, 0.4) is 0 Å². The number of amides is 2. The average Bonchev–Trinajstić information content (AvgIpc) is 3.34. The number of nitrogens with one attached hydrogen (secondary N) is 2. The summed E-state index contributed by atoms with van der Waals surface area (Å²) in [6, 6.07) is 27.4. The lowest BCUT2D eigenvalue weighted by atomic mass is 10.1. The quantitative estimate of drug-likeness (QED) is 0.0904. The van der Waals surface area contributed by atoms with Crippen LogP contribution in [0.2, 0.25) is 5.02 Å². The Morgan fingerprint density at radius 1 is 0.829 bits per heavy atom. The van der Waals surface area contributed by atoms with Crippen molar-refractivity contribution < 1.29 is 23.9 Å². The molecular weight excluding hydrogens is 562 g/mol. The molecule has 0 aliphatic carbocycles. The van der Waals surface area contributed by atoms with Crippen LogP contribution < -0.4 is 20.2 Å². The Morgan fingerprint density at radius 3 is 2.22 bits per heavy atom. The molecule has 0 fully saturated rings. The van der Waals surface area contributed by atoms with Gasteiger partial charge in [-0.15, -0.1) is 11.3 Å². The number of hydrogen-bond donors (Lipinski definition) is 2. The zero-order valence-corrected chi connectivity index (χ0v) is 23.2. The smallest absolute Gasteiger partial charge is 0.355 e. The zero-order chi connectivity index (χ0) is 28.8. The highest BCUT2D eigenvalue weighted by atomic mass is 35.5. The van der Waals surface area contributed by atoms with Crippen molar-refractivity contribution in [3.63, 3.8) is 0 Å². The number of fused-ring (bicyclic) bond motifs is 1. The van der Waals surface area contributed by atoms with Gasteiger partial charge in [-0.1, -0.05) is 41.9 Å². The Morgan fingerprint density at radius 2 is 1.49 bits per heavy atom. The third-order valence-corrected chi connectivity index (χ3v) is 7.62. The van der Waals surface area contributed by atoms with Crippen molar-refractivity contribution in [2.45, 2.75) is 0 Å². The highest BCUT2D eigenvalue weighted by Gasteiger charge is 2.20. The minimum absolute atomic E-state index is 0.265. The van der Waals surface area contributed by atoms with Crippen LogP contribution in [-0.2, 0) is 0 Å². The summed E-state index contributed by atoms with van der Waals surface area (Å²) < 4.78 is 11.6. The second kappa shape index (κ2) is 12.5. The summed E-state index contributed by atoms with van der Waals surface area (Å²) in [6.07, 6.45) is 1.39. The van der Waals surface area contributed by atoms with Crippen molar-refractivity contribution in [1.29, 1.82) is 0 Å². The fourth-order valence-electron chi connectivity index (χ4n) is 3.85. The highest BCUT2D eigenvalue weighted by Crippen LogP contribution is 2.36. The van der Waals surface area contributed by atoms with Gasteiger partial charge >= 0.3 is 5.97 Å².